The van der Waals surface area contributed by atoms with Gasteiger partial charge in [0.05, 0.1) is 42.3 Å². The van der Waals surface area contributed by atoms with Gasteiger partial charge in [-0.25, -0.2) is 4.98 Å². The van der Waals surface area contributed by atoms with Crippen LogP contribution in [0.25, 0.3) is 0 Å². The second-order valence-corrected chi connectivity index (χ2v) is 10.4. The second-order valence-electron chi connectivity index (χ2n) is 10.4. The predicted octanol–water partition coefficient (Wildman–Crippen LogP) is 1.24. The molecule has 10 heteroatoms. The van der Waals surface area contributed by atoms with Gasteiger partial charge >= 0.3 is 7.48 Å². The highest BCUT2D eigenvalue weighted by atomic mass is 16.5. The summed E-state index contributed by atoms with van der Waals surface area (Å²) in [6.07, 6.45) is 3.67. The molecule has 190 valence electrons. The Morgan fingerprint density at radius 1 is 1.11 bits per heavy atom. The molecule has 4 heterocycles. The normalized spacial score (nSPS) is 17.8. The van der Waals surface area contributed by atoms with Crippen LogP contribution in [-0.4, -0.2) is 85.7 Å². The average molecular weight is 483 g/mol. The molecule has 0 saturated carbocycles. The molecule has 2 saturated heterocycles. The zero-order valence-corrected chi connectivity index (χ0v) is 21.8. The average Bonchev–Trinajstić information content (AvgIpc) is 2.80. The molecule has 0 bridgehead atoms. The van der Waals surface area contributed by atoms with Gasteiger partial charge in [-0.1, -0.05) is 0 Å². The largest absolute Gasteiger partial charge is 0.427 e. The third-order valence-corrected chi connectivity index (χ3v) is 7.63. The molecule has 2 aliphatic rings. The number of hydrogen-bond donors (Lipinski definition) is 1. The molecular weight excluding hydrogens is 445 g/mol. The molecule has 35 heavy (non-hydrogen) atoms. The van der Waals surface area contributed by atoms with E-state index in [0.717, 1.165) is 50.5 Å². The summed E-state index contributed by atoms with van der Waals surface area (Å²) in [5.41, 5.74) is 1.36. The highest BCUT2D eigenvalue weighted by Crippen LogP contribution is 2.27. The van der Waals surface area contributed by atoms with E-state index in [1.54, 1.807) is 24.9 Å². The van der Waals surface area contributed by atoms with Gasteiger partial charge in [0.25, 0.3) is 5.56 Å². The SMILES string of the molecule is COC(C)(C)C(C)(C)OBc1cc(Nc2ccc(N3CCN(C4COC4)CC3)cn2)c(=O)n(C)c1. The molecule has 2 aromatic heterocycles. The van der Waals surface area contributed by atoms with E-state index >= 15 is 0 Å². The van der Waals surface area contributed by atoms with Crippen LogP contribution in [0.3, 0.4) is 0 Å². The molecule has 9 nitrogen and oxygen atoms in total. The van der Waals surface area contributed by atoms with Crippen molar-refractivity contribution in [2.24, 2.45) is 7.05 Å². The number of nitrogens with one attached hydrogen (secondary N) is 1. The first kappa shape index (κ1) is 25.7. The van der Waals surface area contributed by atoms with E-state index < -0.39 is 11.2 Å². The third-order valence-electron chi connectivity index (χ3n) is 7.63. The van der Waals surface area contributed by atoms with Crippen molar-refractivity contribution in [3.8, 4) is 0 Å². The van der Waals surface area contributed by atoms with Gasteiger partial charge in [-0.3, -0.25) is 9.69 Å². The maximum atomic E-state index is 12.8. The molecule has 2 aliphatic heterocycles. The zero-order valence-electron chi connectivity index (χ0n) is 21.8. The maximum absolute atomic E-state index is 12.8. The fourth-order valence-electron chi connectivity index (χ4n) is 4.20. The smallest absolute Gasteiger partial charge is 0.311 e. The summed E-state index contributed by atoms with van der Waals surface area (Å²) < 4.78 is 18.7. The van der Waals surface area contributed by atoms with Crippen molar-refractivity contribution >= 4 is 30.1 Å². The quantitative estimate of drug-likeness (QED) is 0.534. The standard InChI is InChI=1S/C25H38BN5O4/c1-24(2,33-6)25(3,4)35-26-18-13-21(23(32)29(5)15-18)28-22-8-7-19(14-27-22)30-9-11-31(12-10-30)20-16-34-17-20/h7-8,13-15,20,26H,9-12,16-17H2,1-6H3,(H,27,28). The van der Waals surface area contributed by atoms with Gasteiger partial charge in [-0.05, 0) is 51.4 Å². The van der Waals surface area contributed by atoms with E-state index in [-0.39, 0.29) is 5.56 Å². The molecule has 4 rings (SSSR count). The lowest BCUT2D eigenvalue weighted by Gasteiger charge is -2.43. The van der Waals surface area contributed by atoms with Crippen LogP contribution in [0, 0.1) is 0 Å². The van der Waals surface area contributed by atoms with Gasteiger partial charge in [0, 0.05) is 46.5 Å². The summed E-state index contributed by atoms with van der Waals surface area (Å²) >= 11 is 0. The number of aromatic nitrogens is 2. The fourth-order valence-corrected chi connectivity index (χ4v) is 4.20. The van der Waals surface area contributed by atoms with Crippen molar-refractivity contribution in [3.05, 3.63) is 40.9 Å². The van der Waals surface area contributed by atoms with Gasteiger partial charge < -0.3 is 28.9 Å². The van der Waals surface area contributed by atoms with Crippen LogP contribution >= 0.6 is 0 Å². The van der Waals surface area contributed by atoms with E-state index in [1.807, 2.05) is 46.0 Å². The fraction of sp³-hybridized carbons (Fsp3) is 0.600. The second kappa shape index (κ2) is 10.3. The summed E-state index contributed by atoms with van der Waals surface area (Å²) in [6, 6.07) is 6.40. The minimum atomic E-state index is -0.515. The molecule has 0 aromatic carbocycles. The Labute approximate surface area is 208 Å². The molecule has 2 aromatic rings. The summed E-state index contributed by atoms with van der Waals surface area (Å²) in [5, 5.41) is 3.19. The number of nitrogens with zero attached hydrogens (tertiary/aromatic N) is 4. The first-order chi connectivity index (χ1) is 16.6. The Morgan fingerprint density at radius 3 is 2.40 bits per heavy atom. The number of hydrogen-bond acceptors (Lipinski definition) is 8. The van der Waals surface area contributed by atoms with Crippen molar-refractivity contribution < 1.29 is 14.1 Å². The molecule has 0 aliphatic carbocycles. The number of ether oxygens (including phenoxy) is 2. The Bertz CT molecular complexity index is 1060. The van der Waals surface area contributed by atoms with Crippen LogP contribution in [0.4, 0.5) is 17.2 Å². The molecule has 2 fully saturated rings. The van der Waals surface area contributed by atoms with Gasteiger partial charge in [-0.2, -0.15) is 0 Å². The van der Waals surface area contributed by atoms with Crippen molar-refractivity contribution in [2.45, 2.75) is 44.9 Å². The van der Waals surface area contributed by atoms with E-state index in [1.165, 1.54) is 0 Å². The number of methoxy groups -OCH3 is 1. The third kappa shape index (κ3) is 5.72. The van der Waals surface area contributed by atoms with Crippen molar-refractivity contribution in [1.82, 2.24) is 14.5 Å². The molecule has 0 spiro atoms. The Morgan fingerprint density at radius 2 is 1.83 bits per heavy atom. The molecule has 1 N–H and O–H groups in total. The van der Waals surface area contributed by atoms with Crippen molar-refractivity contribution in [1.29, 1.82) is 0 Å². The van der Waals surface area contributed by atoms with Crippen molar-refractivity contribution in [3.63, 3.8) is 0 Å². The molecular formula is C25H38BN5O4. The lowest BCUT2D eigenvalue weighted by molar-refractivity contribution is -0.114. The first-order valence-corrected chi connectivity index (χ1v) is 12.3. The number of rotatable bonds is 9. The van der Waals surface area contributed by atoms with Crippen LogP contribution in [0.15, 0.2) is 35.4 Å². The highest BCUT2D eigenvalue weighted by molar-refractivity contribution is 6.47. The summed E-state index contributed by atoms with van der Waals surface area (Å²) in [4.78, 5) is 22.2. The summed E-state index contributed by atoms with van der Waals surface area (Å²) in [5.74, 6) is 0.634. The topological polar surface area (TPSA) is 81.1 Å². The van der Waals surface area contributed by atoms with E-state index in [0.29, 0.717) is 25.0 Å². The first-order valence-electron chi connectivity index (χ1n) is 12.3. The number of piperazine rings is 1. The van der Waals surface area contributed by atoms with Crippen LogP contribution in [0.2, 0.25) is 0 Å². The van der Waals surface area contributed by atoms with Crippen LogP contribution in [0.1, 0.15) is 27.7 Å². The van der Waals surface area contributed by atoms with Crippen LogP contribution < -0.4 is 21.2 Å². The number of pyridine rings is 2. The predicted molar refractivity (Wildman–Crippen MR) is 141 cm³/mol. The molecule has 0 amide bonds. The minimum absolute atomic E-state index is 0.118. The van der Waals surface area contributed by atoms with Crippen LogP contribution in [-0.2, 0) is 21.2 Å². The van der Waals surface area contributed by atoms with E-state index in [4.69, 9.17) is 14.1 Å². The lowest BCUT2D eigenvalue weighted by Crippen LogP contribution is -2.56. The van der Waals surface area contributed by atoms with Gasteiger partial charge in [0.1, 0.15) is 11.5 Å². The highest BCUT2D eigenvalue weighted by Gasteiger charge is 2.38. The van der Waals surface area contributed by atoms with Crippen molar-refractivity contribution in [2.75, 3.05) is 56.7 Å². The summed E-state index contributed by atoms with van der Waals surface area (Å²) in [6.45, 7) is 13.8. The molecule has 0 radical (unpaired) electrons. The summed E-state index contributed by atoms with van der Waals surface area (Å²) in [7, 11) is 3.78. The van der Waals surface area contributed by atoms with Gasteiger partial charge in [0.2, 0.25) is 0 Å². The van der Waals surface area contributed by atoms with Gasteiger partial charge in [0.15, 0.2) is 0 Å². The molecule has 0 unspecified atom stereocenters. The van der Waals surface area contributed by atoms with E-state index in [9.17, 15) is 4.79 Å². The Hall–Kier alpha value is -2.40. The van der Waals surface area contributed by atoms with Gasteiger partial charge in [-0.15, -0.1) is 0 Å². The Kier molecular flexibility index (Phi) is 7.56. The zero-order chi connectivity index (χ0) is 25.2. The number of aryl methyl sites for hydroxylation is 1. The lowest BCUT2D eigenvalue weighted by atomic mass is 9.83. The minimum Gasteiger partial charge on any atom is -0.427 e. The van der Waals surface area contributed by atoms with Crippen LogP contribution in [0.5, 0.6) is 0 Å². The monoisotopic (exact) mass is 483 g/mol. The number of anilines is 3. The maximum Gasteiger partial charge on any atom is 0.311 e. The molecule has 0 atom stereocenters. The Balaban J connectivity index is 1.39. The van der Waals surface area contributed by atoms with E-state index in [2.05, 4.69) is 26.2 Å².